The van der Waals surface area contributed by atoms with Gasteiger partial charge in [-0.15, -0.1) is 0 Å². The molecule has 2 saturated heterocycles. The maximum atomic E-state index is 6.19. The fourth-order valence-electron chi connectivity index (χ4n) is 3.34. The molecule has 2 unspecified atom stereocenters. The smallest absolute Gasteiger partial charge is 0.403 e. The van der Waals surface area contributed by atoms with Crippen LogP contribution in [0, 0.1) is 0 Å². The molecule has 0 bridgehead atoms. The first-order chi connectivity index (χ1) is 9.45. The molecule has 2 heterocycles. The minimum absolute atomic E-state index is 0.106. The molecule has 0 spiro atoms. The van der Waals surface area contributed by atoms with Gasteiger partial charge in [0.25, 0.3) is 0 Å². The summed E-state index contributed by atoms with van der Waals surface area (Å²) in [5.41, 5.74) is -1.20. The first-order valence-electron chi connectivity index (χ1n) is 8.16. The first-order valence-corrected chi connectivity index (χ1v) is 8.16. The minimum Gasteiger partial charge on any atom is -0.403 e. The van der Waals surface area contributed by atoms with Gasteiger partial charge in [-0.2, -0.15) is 0 Å². The predicted molar refractivity (Wildman–Crippen MR) is 86.4 cm³/mol. The summed E-state index contributed by atoms with van der Waals surface area (Å²) in [5.74, 6) is 0. The summed E-state index contributed by atoms with van der Waals surface area (Å²) in [4.78, 5) is 0. The largest absolute Gasteiger partial charge is 0.457 e. The highest BCUT2D eigenvalue weighted by Gasteiger charge is 2.57. The standard InChI is InChI=1S/C15H30B2O4/c1-9-17-19-13(4,5)15(7,21-17)11-10-14(6)12(2,3)18-16(8)20-14/h9-11H2,1-8H3. The molecule has 2 aliphatic heterocycles. The molecule has 2 aliphatic rings. The van der Waals surface area contributed by atoms with Crippen molar-refractivity contribution in [3.05, 3.63) is 0 Å². The monoisotopic (exact) mass is 296 g/mol. The van der Waals surface area contributed by atoms with Crippen molar-refractivity contribution in [3.8, 4) is 0 Å². The summed E-state index contributed by atoms with van der Waals surface area (Å²) in [6.45, 7) is 16.8. The van der Waals surface area contributed by atoms with Gasteiger partial charge in [0, 0.05) is 0 Å². The number of hydrogen-bond acceptors (Lipinski definition) is 4. The van der Waals surface area contributed by atoms with E-state index in [1.54, 1.807) is 0 Å². The van der Waals surface area contributed by atoms with Crippen LogP contribution in [0.15, 0.2) is 0 Å². The van der Waals surface area contributed by atoms with Crippen molar-refractivity contribution in [1.29, 1.82) is 0 Å². The maximum absolute atomic E-state index is 6.19. The van der Waals surface area contributed by atoms with E-state index in [4.69, 9.17) is 18.6 Å². The minimum atomic E-state index is -0.306. The normalized spacial score (nSPS) is 38.3. The average molecular weight is 296 g/mol. The van der Waals surface area contributed by atoms with Gasteiger partial charge in [-0.1, -0.05) is 6.92 Å². The van der Waals surface area contributed by atoms with Gasteiger partial charge in [0.15, 0.2) is 0 Å². The van der Waals surface area contributed by atoms with E-state index in [1.807, 2.05) is 6.82 Å². The fourth-order valence-corrected chi connectivity index (χ4v) is 3.34. The summed E-state index contributed by atoms with van der Waals surface area (Å²) in [6, 6.07) is 0. The summed E-state index contributed by atoms with van der Waals surface area (Å²) < 4.78 is 24.2. The Balaban J connectivity index is 2.09. The Morgan fingerprint density at radius 1 is 0.714 bits per heavy atom. The van der Waals surface area contributed by atoms with E-state index >= 15 is 0 Å². The molecule has 0 amide bonds. The van der Waals surface area contributed by atoms with E-state index in [-0.39, 0.29) is 36.6 Å². The van der Waals surface area contributed by atoms with Gasteiger partial charge in [-0.25, -0.2) is 0 Å². The topological polar surface area (TPSA) is 36.9 Å². The Bertz CT molecular complexity index is 401. The van der Waals surface area contributed by atoms with Crippen molar-refractivity contribution >= 4 is 14.2 Å². The van der Waals surface area contributed by atoms with E-state index in [9.17, 15) is 0 Å². The van der Waals surface area contributed by atoms with Gasteiger partial charge < -0.3 is 18.6 Å². The van der Waals surface area contributed by atoms with Crippen LogP contribution in [-0.2, 0) is 18.6 Å². The third-order valence-corrected chi connectivity index (χ3v) is 5.66. The van der Waals surface area contributed by atoms with Gasteiger partial charge in [0.2, 0.25) is 0 Å². The third-order valence-electron chi connectivity index (χ3n) is 5.66. The maximum Gasteiger partial charge on any atom is 0.457 e. The Kier molecular flexibility index (Phi) is 4.34. The van der Waals surface area contributed by atoms with E-state index in [2.05, 4.69) is 48.5 Å². The molecular weight excluding hydrogens is 266 g/mol. The number of rotatable bonds is 4. The van der Waals surface area contributed by atoms with Crippen LogP contribution >= 0.6 is 0 Å². The highest BCUT2D eigenvalue weighted by Crippen LogP contribution is 2.46. The molecule has 0 aliphatic carbocycles. The van der Waals surface area contributed by atoms with Crippen molar-refractivity contribution in [1.82, 2.24) is 0 Å². The predicted octanol–water partition coefficient (Wildman–Crippen LogP) is 3.56. The van der Waals surface area contributed by atoms with Gasteiger partial charge in [0.05, 0.1) is 22.4 Å². The second-order valence-corrected chi connectivity index (χ2v) is 7.86. The quantitative estimate of drug-likeness (QED) is 0.743. The molecule has 120 valence electrons. The molecule has 0 aromatic rings. The summed E-state index contributed by atoms with van der Waals surface area (Å²) in [5, 5.41) is 0. The van der Waals surface area contributed by atoms with Crippen molar-refractivity contribution in [3.63, 3.8) is 0 Å². The lowest BCUT2D eigenvalue weighted by Crippen LogP contribution is -2.50. The molecule has 2 rings (SSSR count). The van der Waals surface area contributed by atoms with Crippen LogP contribution < -0.4 is 0 Å². The zero-order valence-corrected chi connectivity index (χ0v) is 14.9. The van der Waals surface area contributed by atoms with Crippen LogP contribution in [0.1, 0.15) is 61.3 Å². The molecule has 0 radical (unpaired) electrons. The molecule has 0 N–H and O–H groups in total. The Hall–Kier alpha value is -0.0301. The SMILES string of the molecule is CCB1OC(C)(C)C(C)(CCC2(C)OB(C)OC2(C)C)O1. The van der Waals surface area contributed by atoms with Crippen molar-refractivity contribution in [2.45, 2.75) is 96.9 Å². The van der Waals surface area contributed by atoms with Crippen LogP contribution in [0.4, 0.5) is 0 Å². The molecule has 2 fully saturated rings. The van der Waals surface area contributed by atoms with Gasteiger partial charge in [0.1, 0.15) is 0 Å². The van der Waals surface area contributed by atoms with Crippen molar-refractivity contribution in [2.75, 3.05) is 0 Å². The van der Waals surface area contributed by atoms with Crippen LogP contribution in [0.5, 0.6) is 0 Å². The highest BCUT2D eigenvalue weighted by molar-refractivity contribution is 6.45. The zero-order valence-electron chi connectivity index (χ0n) is 14.9. The molecule has 0 aromatic carbocycles. The molecular formula is C15H30B2O4. The zero-order chi connectivity index (χ0) is 16.1. The van der Waals surface area contributed by atoms with Crippen LogP contribution in [0.3, 0.4) is 0 Å². The highest BCUT2D eigenvalue weighted by atomic mass is 16.7. The van der Waals surface area contributed by atoms with Gasteiger partial charge in [-0.3, -0.25) is 0 Å². The Morgan fingerprint density at radius 3 is 1.57 bits per heavy atom. The fraction of sp³-hybridized carbons (Fsp3) is 1.00. The van der Waals surface area contributed by atoms with E-state index in [0.717, 1.165) is 19.2 Å². The summed E-state index contributed by atoms with van der Waals surface area (Å²) in [6.07, 6.45) is 2.63. The molecule has 2 atom stereocenters. The molecule has 0 aromatic heterocycles. The number of hydrogen-bond donors (Lipinski definition) is 0. The van der Waals surface area contributed by atoms with E-state index in [1.165, 1.54) is 0 Å². The van der Waals surface area contributed by atoms with Crippen LogP contribution in [0.2, 0.25) is 13.1 Å². The molecule has 0 saturated carbocycles. The van der Waals surface area contributed by atoms with Crippen LogP contribution in [-0.4, -0.2) is 36.6 Å². The molecule has 4 nitrogen and oxygen atoms in total. The lowest BCUT2D eigenvalue weighted by Gasteiger charge is -2.42. The van der Waals surface area contributed by atoms with Crippen molar-refractivity contribution < 1.29 is 18.6 Å². The van der Waals surface area contributed by atoms with Gasteiger partial charge >= 0.3 is 14.2 Å². The molecule has 21 heavy (non-hydrogen) atoms. The molecule has 6 heteroatoms. The van der Waals surface area contributed by atoms with Crippen molar-refractivity contribution in [2.24, 2.45) is 0 Å². The Morgan fingerprint density at radius 2 is 1.19 bits per heavy atom. The second-order valence-electron chi connectivity index (χ2n) is 7.86. The third kappa shape index (κ3) is 2.92. The van der Waals surface area contributed by atoms with E-state index in [0.29, 0.717) is 0 Å². The van der Waals surface area contributed by atoms with Crippen LogP contribution in [0.25, 0.3) is 0 Å². The average Bonchev–Trinajstić information content (AvgIpc) is 2.68. The second kappa shape index (κ2) is 5.26. The van der Waals surface area contributed by atoms with Gasteiger partial charge in [-0.05, 0) is 67.5 Å². The Labute approximate surface area is 130 Å². The lowest BCUT2D eigenvalue weighted by atomic mass is 9.77. The first kappa shape index (κ1) is 17.3. The summed E-state index contributed by atoms with van der Waals surface area (Å²) in [7, 11) is -0.263. The lowest BCUT2D eigenvalue weighted by molar-refractivity contribution is -0.0576. The van der Waals surface area contributed by atoms with E-state index < -0.39 is 0 Å². The summed E-state index contributed by atoms with van der Waals surface area (Å²) >= 11 is 0.